The lowest BCUT2D eigenvalue weighted by atomic mass is 10.2. The number of nitrogens with two attached hydrogens (primary N) is 1. The van der Waals surface area contributed by atoms with E-state index in [-0.39, 0.29) is 12.1 Å². The predicted molar refractivity (Wildman–Crippen MR) is 74.5 cm³/mol. The van der Waals surface area contributed by atoms with E-state index in [4.69, 9.17) is 11.0 Å². The summed E-state index contributed by atoms with van der Waals surface area (Å²) in [4.78, 5) is 2.15. The van der Waals surface area contributed by atoms with Gasteiger partial charge < -0.3 is 10.6 Å². The van der Waals surface area contributed by atoms with E-state index in [1.54, 1.807) is 0 Å². The molecule has 0 aromatic carbocycles. The largest absolute Gasteiger partial charge is 0.394 e. The first-order valence-electron chi connectivity index (χ1n) is 6.38. The molecule has 5 nitrogen and oxygen atoms in total. The van der Waals surface area contributed by atoms with E-state index in [1.165, 1.54) is 0 Å². The Labute approximate surface area is 109 Å². The van der Waals surface area contributed by atoms with Crippen molar-refractivity contribution in [2.75, 3.05) is 17.2 Å². The van der Waals surface area contributed by atoms with Crippen LogP contribution in [0.15, 0.2) is 0 Å². The third-order valence-corrected chi connectivity index (χ3v) is 2.95. The number of aryl methyl sites for hydroxylation is 1. The van der Waals surface area contributed by atoms with Crippen molar-refractivity contribution < 1.29 is 0 Å². The molecule has 0 aliphatic carbocycles. The molecule has 0 spiro atoms. The maximum atomic E-state index is 8.77. The van der Waals surface area contributed by atoms with Crippen molar-refractivity contribution in [3.8, 4) is 6.07 Å². The Morgan fingerprint density at radius 1 is 1.39 bits per heavy atom. The van der Waals surface area contributed by atoms with Gasteiger partial charge in [-0.15, -0.1) is 0 Å². The maximum Gasteiger partial charge on any atom is 0.151 e. The van der Waals surface area contributed by atoms with Gasteiger partial charge in [0.25, 0.3) is 0 Å². The van der Waals surface area contributed by atoms with Gasteiger partial charge in [0.15, 0.2) is 5.82 Å². The van der Waals surface area contributed by atoms with E-state index < -0.39 is 0 Å². The Bertz CT molecular complexity index is 439. The van der Waals surface area contributed by atoms with Gasteiger partial charge in [0.2, 0.25) is 0 Å². The SMILES string of the molecule is Cc1nn(C(C)C)c(N(CCC#N)C(C)C)c1N. The van der Waals surface area contributed by atoms with Gasteiger partial charge in [-0.05, 0) is 34.6 Å². The van der Waals surface area contributed by atoms with Crippen molar-refractivity contribution >= 4 is 11.5 Å². The fourth-order valence-electron chi connectivity index (χ4n) is 1.97. The van der Waals surface area contributed by atoms with E-state index in [2.05, 4.69) is 43.8 Å². The number of nitrogen functional groups attached to an aromatic ring is 1. The van der Waals surface area contributed by atoms with E-state index >= 15 is 0 Å². The fourth-order valence-corrected chi connectivity index (χ4v) is 1.97. The van der Waals surface area contributed by atoms with Crippen LogP contribution in [0.3, 0.4) is 0 Å². The lowest BCUT2D eigenvalue weighted by molar-refractivity contribution is 0.513. The summed E-state index contributed by atoms with van der Waals surface area (Å²) in [5.74, 6) is 0.938. The zero-order chi connectivity index (χ0) is 13.9. The minimum Gasteiger partial charge on any atom is -0.394 e. The van der Waals surface area contributed by atoms with Crippen LogP contribution in [0.5, 0.6) is 0 Å². The highest BCUT2D eigenvalue weighted by Crippen LogP contribution is 2.30. The van der Waals surface area contributed by atoms with Gasteiger partial charge in [0, 0.05) is 18.6 Å². The third-order valence-electron chi connectivity index (χ3n) is 2.95. The van der Waals surface area contributed by atoms with Crippen molar-refractivity contribution in [3.63, 3.8) is 0 Å². The first-order chi connectivity index (χ1) is 8.40. The van der Waals surface area contributed by atoms with Crippen molar-refractivity contribution in [3.05, 3.63) is 5.69 Å². The molecule has 100 valence electrons. The molecule has 0 saturated carbocycles. The Morgan fingerprint density at radius 3 is 2.44 bits per heavy atom. The molecule has 18 heavy (non-hydrogen) atoms. The van der Waals surface area contributed by atoms with Crippen molar-refractivity contribution in [2.45, 2.75) is 53.1 Å². The summed E-state index contributed by atoms with van der Waals surface area (Å²) in [5.41, 5.74) is 7.71. The van der Waals surface area contributed by atoms with Crippen LogP contribution in [-0.2, 0) is 0 Å². The molecule has 2 N–H and O–H groups in total. The predicted octanol–water partition coefficient (Wildman–Crippen LogP) is 2.48. The van der Waals surface area contributed by atoms with Crippen LogP contribution >= 0.6 is 0 Å². The molecule has 5 heteroatoms. The van der Waals surface area contributed by atoms with Gasteiger partial charge in [0.1, 0.15) is 0 Å². The summed E-state index contributed by atoms with van der Waals surface area (Å²) < 4.78 is 1.95. The summed E-state index contributed by atoms with van der Waals surface area (Å²) in [6, 6.07) is 2.72. The number of nitrogens with zero attached hydrogens (tertiary/aromatic N) is 4. The number of rotatable bonds is 5. The Kier molecular flexibility index (Phi) is 4.60. The molecule has 0 unspecified atom stereocenters. The first-order valence-corrected chi connectivity index (χ1v) is 6.38. The lowest BCUT2D eigenvalue weighted by Crippen LogP contribution is -2.34. The van der Waals surface area contributed by atoms with Crippen LogP contribution in [0.1, 0.15) is 45.9 Å². The summed E-state index contributed by atoms with van der Waals surface area (Å²) >= 11 is 0. The summed E-state index contributed by atoms with van der Waals surface area (Å²) in [6.07, 6.45) is 0.486. The molecule has 0 aliphatic heterocycles. The normalized spacial score (nSPS) is 11.0. The Balaban J connectivity index is 3.22. The molecule has 0 aliphatic rings. The molecule has 1 aromatic rings. The van der Waals surface area contributed by atoms with Crippen LogP contribution in [0, 0.1) is 18.3 Å². The van der Waals surface area contributed by atoms with Crippen molar-refractivity contribution in [1.82, 2.24) is 9.78 Å². The van der Waals surface area contributed by atoms with Crippen LogP contribution in [-0.4, -0.2) is 22.4 Å². The second-order valence-corrected chi connectivity index (χ2v) is 5.06. The van der Waals surface area contributed by atoms with Crippen LogP contribution in [0.4, 0.5) is 11.5 Å². The molecular weight excluding hydrogens is 226 g/mol. The van der Waals surface area contributed by atoms with Crippen LogP contribution < -0.4 is 10.6 Å². The molecule has 0 amide bonds. The molecule has 0 atom stereocenters. The van der Waals surface area contributed by atoms with Crippen molar-refractivity contribution in [1.29, 1.82) is 5.26 Å². The van der Waals surface area contributed by atoms with Gasteiger partial charge >= 0.3 is 0 Å². The maximum absolute atomic E-state index is 8.77. The zero-order valence-corrected chi connectivity index (χ0v) is 11.9. The monoisotopic (exact) mass is 249 g/mol. The molecular formula is C13H23N5. The van der Waals surface area contributed by atoms with Gasteiger partial charge in [-0.3, -0.25) is 0 Å². The molecule has 0 bridgehead atoms. The smallest absolute Gasteiger partial charge is 0.151 e. The zero-order valence-electron chi connectivity index (χ0n) is 11.9. The van der Waals surface area contributed by atoms with E-state index in [9.17, 15) is 0 Å². The second-order valence-electron chi connectivity index (χ2n) is 5.06. The molecule has 0 fully saturated rings. The average molecular weight is 249 g/mol. The quantitative estimate of drug-likeness (QED) is 0.870. The summed E-state index contributed by atoms with van der Waals surface area (Å²) in [5, 5.41) is 13.3. The first kappa shape index (κ1) is 14.4. The number of nitriles is 1. The topological polar surface area (TPSA) is 70.9 Å². The number of hydrogen-bond acceptors (Lipinski definition) is 4. The fraction of sp³-hybridized carbons (Fsp3) is 0.692. The molecule has 0 saturated heterocycles. The van der Waals surface area contributed by atoms with Gasteiger partial charge in [0.05, 0.1) is 23.9 Å². The second kappa shape index (κ2) is 5.76. The van der Waals surface area contributed by atoms with Gasteiger partial charge in [-0.2, -0.15) is 10.4 Å². The highest BCUT2D eigenvalue weighted by Gasteiger charge is 2.22. The molecule has 1 rings (SSSR count). The van der Waals surface area contributed by atoms with E-state index in [1.807, 2.05) is 11.6 Å². The molecule has 1 heterocycles. The highest BCUT2D eigenvalue weighted by atomic mass is 15.4. The van der Waals surface area contributed by atoms with Crippen LogP contribution in [0.2, 0.25) is 0 Å². The number of aromatic nitrogens is 2. The summed E-state index contributed by atoms with van der Waals surface area (Å²) in [7, 11) is 0. The average Bonchev–Trinajstić information content (AvgIpc) is 2.57. The minimum absolute atomic E-state index is 0.249. The highest BCUT2D eigenvalue weighted by molar-refractivity contribution is 5.66. The summed E-state index contributed by atoms with van der Waals surface area (Å²) in [6.45, 7) is 11.0. The van der Waals surface area contributed by atoms with E-state index in [0.717, 1.165) is 17.2 Å². The van der Waals surface area contributed by atoms with Gasteiger partial charge in [-0.25, -0.2) is 4.68 Å². The lowest BCUT2D eigenvalue weighted by Gasteiger charge is -2.30. The third kappa shape index (κ3) is 2.76. The minimum atomic E-state index is 0.249. The number of anilines is 2. The Hall–Kier alpha value is -1.70. The van der Waals surface area contributed by atoms with Gasteiger partial charge in [-0.1, -0.05) is 0 Å². The molecule has 0 radical (unpaired) electrons. The Morgan fingerprint density at radius 2 is 2.00 bits per heavy atom. The van der Waals surface area contributed by atoms with Crippen molar-refractivity contribution in [2.24, 2.45) is 0 Å². The number of hydrogen-bond donors (Lipinski definition) is 1. The van der Waals surface area contributed by atoms with E-state index in [0.29, 0.717) is 13.0 Å². The van der Waals surface area contributed by atoms with Crippen LogP contribution in [0.25, 0.3) is 0 Å². The standard InChI is InChI=1S/C13H23N5/c1-9(2)17(8-6-7-14)13-12(15)11(5)16-18(13)10(3)4/h9-10H,6,8,15H2,1-5H3. The molecule has 1 aromatic heterocycles.